The van der Waals surface area contributed by atoms with Gasteiger partial charge in [-0.15, -0.1) is 0 Å². The predicted octanol–water partition coefficient (Wildman–Crippen LogP) is 5.13. The summed E-state index contributed by atoms with van der Waals surface area (Å²) in [7, 11) is -3.36. The number of benzene rings is 3. The molecule has 7 heteroatoms. The monoisotopic (exact) mass is 495 g/mol. The van der Waals surface area contributed by atoms with Crippen molar-refractivity contribution in [1.29, 1.82) is 5.26 Å². The van der Waals surface area contributed by atoms with Gasteiger partial charge in [-0.25, -0.2) is 8.42 Å². The van der Waals surface area contributed by atoms with Crippen molar-refractivity contribution in [2.45, 2.75) is 24.2 Å². The van der Waals surface area contributed by atoms with Crippen LogP contribution in [0.1, 0.15) is 30.5 Å². The molecule has 2 N–H and O–H groups in total. The lowest BCUT2D eigenvalue weighted by Crippen LogP contribution is -2.14. The van der Waals surface area contributed by atoms with Gasteiger partial charge in [0.15, 0.2) is 9.84 Å². The molecule has 1 aromatic heterocycles. The molecule has 4 aromatic rings. The third kappa shape index (κ3) is 5.04. The first-order valence-electron chi connectivity index (χ1n) is 11.2. The number of rotatable bonds is 6. The number of pyridine rings is 1. The van der Waals surface area contributed by atoms with Crippen molar-refractivity contribution < 1.29 is 13.2 Å². The Bertz CT molecular complexity index is 1660. The fourth-order valence-electron chi connectivity index (χ4n) is 3.98. The summed E-state index contributed by atoms with van der Waals surface area (Å²) in [6.07, 6.45) is 4.54. The zero-order chi connectivity index (χ0) is 26.1. The van der Waals surface area contributed by atoms with Gasteiger partial charge in [0.05, 0.1) is 21.9 Å². The van der Waals surface area contributed by atoms with E-state index in [0.29, 0.717) is 5.56 Å². The molecule has 0 saturated carbocycles. The van der Waals surface area contributed by atoms with E-state index in [2.05, 4.69) is 11.1 Å². The number of hydrogen-bond donors (Lipinski definition) is 1. The van der Waals surface area contributed by atoms with E-state index in [4.69, 9.17) is 5.73 Å². The van der Waals surface area contributed by atoms with E-state index < -0.39 is 21.2 Å². The first-order valence-corrected chi connectivity index (χ1v) is 13.1. The highest BCUT2D eigenvalue weighted by Crippen LogP contribution is 2.34. The van der Waals surface area contributed by atoms with Gasteiger partial charge in [0.1, 0.15) is 0 Å². The van der Waals surface area contributed by atoms with Crippen molar-refractivity contribution in [3.05, 3.63) is 95.7 Å². The number of sulfone groups is 1. The fourth-order valence-corrected chi connectivity index (χ4v) is 4.61. The molecule has 0 aliphatic carbocycles. The topological polar surface area (TPSA) is 114 Å². The Morgan fingerprint density at radius 2 is 1.75 bits per heavy atom. The van der Waals surface area contributed by atoms with Crippen LogP contribution in [0.25, 0.3) is 33.7 Å². The molecule has 4 rings (SSSR count). The summed E-state index contributed by atoms with van der Waals surface area (Å²) in [4.78, 5) is 17.0. The number of amides is 1. The number of nitriles is 1. The molecule has 36 heavy (non-hydrogen) atoms. The van der Waals surface area contributed by atoms with E-state index in [9.17, 15) is 18.5 Å². The molecule has 6 nitrogen and oxygen atoms in total. The van der Waals surface area contributed by atoms with Crippen LogP contribution in [-0.2, 0) is 20.0 Å². The molecule has 0 bridgehead atoms. The lowest BCUT2D eigenvalue weighted by Gasteiger charge is -2.19. The summed E-state index contributed by atoms with van der Waals surface area (Å²) >= 11 is 0. The molecule has 0 aliphatic heterocycles. The number of hydrogen-bond acceptors (Lipinski definition) is 5. The Morgan fingerprint density at radius 3 is 2.39 bits per heavy atom. The fraction of sp³-hybridized carbons (Fsp3) is 0.138. The molecule has 0 fully saturated rings. The zero-order valence-electron chi connectivity index (χ0n) is 20.2. The van der Waals surface area contributed by atoms with Crippen LogP contribution in [0.2, 0.25) is 0 Å². The van der Waals surface area contributed by atoms with Crippen LogP contribution < -0.4 is 5.73 Å². The second-order valence-electron chi connectivity index (χ2n) is 9.18. The predicted molar refractivity (Wildman–Crippen MR) is 142 cm³/mol. The standard InChI is InChI=1S/C29H25N3O3S/c1-29(2,18-30)23-16-22-8-5-13-32-27(22)25(17-23)21-7-4-6-19(14-21)15-26(28(31)33)20-9-11-24(12-10-20)36(3,34)35/h4-17H,1-3H3,(H2,31,33). The summed E-state index contributed by atoms with van der Waals surface area (Å²) in [5, 5.41) is 10.6. The highest BCUT2D eigenvalue weighted by Gasteiger charge is 2.22. The van der Waals surface area contributed by atoms with Gasteiger partial charge in [0.25, 0.3) is 0 Å². The van der Waals surface area contributed by atoms with Crippen molar-refractivity contribution in [3.8, 4) is 17.2 Å². The van der Waals surface area contributed by atoms with Crippen LogP contribution in [0, 0.1) is 11.3 Å². The quantitative estimate of drug-likeness (QED) is 0.294. The third-order valence-electron chi connectivity index (χ3n) is 6.07. The average molecular weight is 496 g/mol. The summed E-state index contributed by atoms with van der Waals surface area (Å²) < 4.78 is 23.6. The Hall–Kier alpha value is -4.28. The number of nitrogens with zero attached hydrogens (tertiary/aromatic N) is 2. The van der Waals surface area contributed by atoms with Gasteiger partial charge in [-0.3, -0.25) is 9.78 Å². The molecule has 0 unspecified atom stereocenters. The van der Waals surface area contributed by atoms with Crippen LogP contribution in [0.3, 0.4) is 0 Å². The smallest absolute Gasteiger partial charge is 0.249 e. The highest BCUT2D eigenvalue weighted by atomic mass is 32.2. The molecule has 1 amide bonds. The lowest BCUT2D eigenvalue weighted by atomic mass is 9.83. The van der Waals surface area contributed by atoms with Crippen LogP contribution >= 0.6 is 0 Å². The number of carbonyl (C=O) groups excluding carboxylic acids is 1. The molecule has 0 radical (unpaired) electrons. The summed E-state index contributed by atoms with van der Waals surface area (Å²) in [5.74, 6) is -0.627. The Kier molecular flexibility index (Phi) is 6.49. The Labute approximate surface area is 210 Å². The highest BCUT2D eigenvalue weighted by molar-refractivity contribution is 7.90. The van der Waals surface area contributed by atoms with Crippen molar-refractivity contribution in [2.75, 3.05) is 6.26 Å². The number of primary amides is 1. The molecular weight excluding hydrogens is 470 g/mol. The minimum atomic E-state index is -3.36. The first kappa shape index (κ1) is 24.8. The zero-order valence-corrected chi connectivity index (χ0v) is 21.0. The largest absolute Gasteiger partial charge is 0.366 e. The van der Waals surface area contributed by atoms with E-state index in [1.807, 2.05) is 62.4 Å². The average Bonchev–Trinajstić information content (AvgIpc) is 2.86. The maximum Gasteiger partial charge on any atom is 0.249 e. The van der Waals surface area contributed by atoms with Crippen LogP contribution in [0.5, 0.6) is 0 Å². The normalized spacial score (nSPS) is 12.3. The second kappa shape index (κ2) is 9.40. The molecule has 0 saturated heterocycles. The molecule has 1 heterocycles. The molecule has 3 aromatic carbocycles. The summed E-state index contributed by atoms with van der Waals surface area (Å²) in [5.41, 5.74) is 9.95. The van der Waals surface area contributed by atoms with Gasteiger partial charge in [-0.05, 0) is 78.6 Å². The van der Waals surface area contributed by atoms with E-state index in [-0.39, 0.29) is 10.5 Å². The van der Waals surface area contributed by atoms with E-state index >= 15 is 0 Å². The maximum atomic E-state index is 12.3. The van der Waals surface area contributed by atoms with Crippen molar-refractivity contribution >= 4 is 38.3 Å². The molecule has 180 valence electrons. The third-order valence-corrected chi connectivity index (χ3v) is 7.20. The van der Waals surface area contributed by atoms with Gasteiger partial charge >= 0.3 is 0 Å². The van der Waals surface area contributed by atoms with Gasteiger partial charge in [0.2, 0.25) is 5.91 Å². The van der Waals surface area contributed by atoms with Crippen LogP contribution in [-0.4, -0.2) is 25.6 Å². The number of nitrogens with two attached hydrogens (primary N) is 1. The van der Waals surface area contributed by atoms with Crippen molar-refractivity contribution in [1.82, 2.24) is 4.98 Å². The van der Waals surface area contributed by atoms with E-state index in [1.54, 1.807) is 24.4 Å². The van der Waals surface area contributed by atoms with Crippen LogP contribution in [0.15, 0.2) is 83.9 Å². The van der Waals surface area contributed by atoms with Gasteiger partial charge in [-0.1, -0.05) is 36.4 Å². The molecular formula is C29H25N3O3S. The summed E-state index contributed by atoms with van der Waals surface area (Å²) in [6, 6.07) is 23.8. The molecule has 0 aliphatic rings. The van der Waals surface area contributed by atoms with Gasteiger partial charge < -0.3 is 5.73 Å². The summed E-state index contributed by atoms with van der Waals surface area (Å²) in [6.45, 7) is 3.75. The number of aromatic nitrogens is 1. The van der Waals surface area contributed by atoms with Crippen LogP contribution in [0.4, 0.5) is 0 Å². The van der Waals surface area contributed by atoms with E-state index in [0.717, 1.165) is 39.4 Å². The molecule has 0 spiro atoms. The van der Waals surface area contributed by atoms with Crippen molar-refractivity contribution in [3.63, 3.8) is 0 Å². The molecule has 0 atom stereocenters. The van der Waals surface area contributed by atoms with E-state index in [1.165, 1.54) is 12.1 Å². The first-order chi connectivity index (χ1) is 17.0. The SMILES string of the molecule is CC(C)(C#N)c1cc(-c2cccc(C=C(C(N)=O)c3ccc(S(C)(=O)=O)cc3)c2)c2ncccc2c1. The Morgan fingerprint density at radius 1 is 1.03 bits per heavy atom. The number of fused-ring (bicyclic) bond motifs is 1. The minimum absolute atomic E-state index is 0.164. The Balaban J connectivity index is 1.84. The van der Waals surface area contributed by atoms with Gasteiger partial charge in [-0.2, -0.15) is 5.26 Å². The minimum Gasteiger partial charge on any atom is -0.366 e. The second-order valence-corrected chi connectivity index (χ2v) is 11.2. The maximum absolute atomic E-state index is 12.3. The van der Waals surface area contributed by atoms with Gasteiger partial charge in [0, 0.05) is 29.0 Å². The lowest BCUT2D eigenvalue weighted by molar-refractivity contribution is -0.112. The van der Waals surface area contributed by atoms with Crippen molar-refractivity contribution in [2.24, 2.45) is 5.73 Å². The number of carbonyl (C=O) groups is 1.